The fraction of sp³-hybridized carbons (Fsp3) is 0.462. The maximum atomic E-state index is 13.6. The third-order valence-electron chi connectivity index (χ3n) is 3.10. The fourth-order valence-corrected chi connectivity index (χ4v) is 2.75. The standard InChI is InChI=1S/C13H16ClFN2O2S/c1-8-6-12-11(7-10(8)15)16-13(9(2)14)17(12)4-5-20(3,18)19/h6-7,9H,4-5H2,1-3H3. The van der Waals surface area contributed by atoms with Gasteiger partial charge in [0.15, 0.2) is 0 Å². The summed E-state index contributed by atoms with van der Waals surface area (Å²) in [5.74, 6) is 0.209. The van der Waals surface area contributed by atoms with E-state index in [4.69, 9.17) is 11.6 Å². The summed E-state index contributed by atoms with van der Waals surface area (Å²) in [6, 6.07) is 3.02. The van der Waals surface area contributed by atoms with Crippen LogP contribution in [0.15, 0.2) is 12.1 Å². The van der Waals surface area contributed by atoms with Crippen molar-refractivity contribution in [2.24, 2.45) is 0 Å². The molecule has 0 aliphatic heterocycles. The molecule has 2 aromatic rings. The summed E-state index contributed by atoms with van der Waals surface area (Å²) in [5.41, 5.74) is 1.69. The maximum Gasteiger partial charge on any atom is 0.149 e. The van der Waals surface area contributed by atoms with Crippen molar-refractivity contribution in [2.45, 2.75) is 25.8 Å². The summed E-state index contributed by atoms with van der Waals surface area (Å²) in [4.78, 5) is 4.31. The zero-order valence-corrected chi connectivity index (χ0v) is 13.1. The molecule has 0 aliphatic carbocycles. The summed E-state index contributed by atoms with van der Waals surface area (Å²) >= 11 is 6.08. The van der Waals surface area contributed by atoms with E-state index in [1.165, 1.54) is 12.3 Å². The van der Waals surface area contributed by atoms with Crippen molar-refractivity contribution in [2.75, 3.05) is 12.0 Å². The van der Waals surface area contributed by atoms with Gasteiger partial charge in [0, 0.05) is 18.9 Å². The van der Waals surface area contributed by atoms with Gasteiger partial charge in [0.25, 0.3) is 0 Å². The topological polar surface area (TPSA) is 52.0 Å². The molecule has 0 fully saturated rings. The lowest BCUT2D eigenvalue weighted by atomic mass is 10.2. The van der Waals surface area contributed by atoms with Gasteiger partial charge in [0.05, 0.1) is 22.2 Å². The second kappa shape index (κ2) is 5.33. The number of halogens is 2. The molecule has 1 aromatic heterocycles. The third-order valence-corrected chi connectivity index (χ3v) is 4.22. The van der Waals surface area contributed by atoms with E-state index in [2.05, 4.69) is 4.98 Å². The lowest BCUT2D eigenvalue weighted by Gasteiger charge is -2.10. The summed E-state index contributed by atoms with van der Waals surface area (Å²) in [6.07, 6.45) is 1.18. The van der Waals surface area contributed by atoms with E-state index in [1.807, 2.05) is 0 Å². The summed E-state index contributed by atoms with van der Waals surface area (Å²) in [6.45, 7) is 3.67. The Balaban J connectivity index is 2.59. The first-order chi connectivity index (χ1) is 9.19. The van der Waals surface area contributed by atoms with Crippen LogP contribution in [0, 0.1) is 12.7 Å². The molecular formula is C13H16ClFN2O2S. The molecule has 4 nitrogen and oxygen atoms in total. The number of aromatic nitrogens is 2. The number of hydrogen-bond donors (Lipinski definition) is 0. The maximum absolute atomic E-state index is 13.6. The average molecular weight is 319 g/mol. The van der Waals surface area contributed by atoms with Crippen LogP contribution in [0.3, 0.4) is 0 Å². The quantitative estimate of drug-likeness (QED) is 0.815. The molecule has 1 aromatic carbocycles. The lowest BCUT2D eigenvalue weighted by Crippen LogP contribution is -2.13. The van der Waals surface area contributed by atoms with E-state index in [-0.39, 0.29) is 23.5 Å². The highest BCUT2D eigenvalue weighted by Gasteiger charge is 2.17. The molecule has 20 heavy (non-hydrogen) atoms. The number of sulfone groups is 1. The molecule has 0 saturated heterocycles. The van der Waals surface area contributed by atoms with Gasteiger partial charge in [-0.3, -0.25) is 0 Å². The lowest BCUT2D eigenvalue weighted by molar-refractivity contribution is 0.593. The summed E-state index contributed by atoms with van der Waals surface area (Å²) < 4.78 is 38.0. The molecule has 2 rings (SSSR count). The summed E-state index contributed by atoms with van der Waals surface area (Å²) in [5, 5.41) is -0.384. The molecule has 7 heteroatoms. The molecule has 0 amide bonds. The largest absolute Gasteiger partial charge is 0.326 e. The summed E-state index contributed by atoms with van der Waals surface area (Å²) in [7, 11) is -3.10. The van der Waals surface area contributed by atoms with E-state index in [1.54, 1.807) is 24.5 Å². The molecular weight excluding hydrogens is 303 g/mol. The van der Waals surface area contributed by atoms with Crippen LogP contribution in [0.5, 0.6) is 0 Å². The van der Waals surface area contributed by atoms with Gasteiger partial charge in [0.2, 0.25) is 0 Å². The normalized spacial score (nSPS) is 13.8. The molecule has 110 valence electrons. The minimum atomic E-state index is -3.10. The van der Waals surface area contributed by atoms with Gasteiger partial charge in [-0.1, -0.05) is 0 Å². The zero-order chi connectivity index (χ0) is 15.1. The molecule has 0 saturated carbocycles. The first-order valence-electron chi connectivity index (χ1n) is 6.17. The predicted octanol–water partition coefficient (Wildman–Crippen LogP) is 2.83. The number of aryl methyl sites for hydroxylation is 2. The van der Waals surface area contributed by atoms with Gasteiger partial charge >= 0.3 is 0 Å². The number of rotatable bonds is 4. The van der Waals surface area contributed by atoms with Crippen molar-refractivity contribution in [1.82, 2.24) is 9.55 Å². The SMILES string of the molecule is Cc1cc2c(cc1F)nc(C(C)Cl)n2CCS(C)(=O)=O. The number of hydrogen-bond acceptors (Lipinski definition) is 3. The van der Waals surface area contributed by atoms with E-state index in [0.717, 1.165) is 0 Å². The Morgan fingerprint density at radius 3 is 2.65 bits per heavy atom. The van der Waals surface area contributed by atoms with Gasteiger partial charge in [-0.2, -0.15) is 0 Å². The molecule has 0 aliphatic rings. The number of fused-ring (bicyclic) bond motifs is 1. The van der Waals surface area contributed by atoms with Crippen LogP contribution in [0.2, 0.25) is 0 Å². The van der Waals surface area contributed by atoms with Gasteiger partial charge in [0.1, 0.15) is 21.5 Å². The van der Waals surface area contributed by atoms with Gasteiger partial charge in [-0.05, 0) is 25.5 Å². The van der Waals surface area contributed by atoms with E-state index in [9.17, 15) is 12.8 Å². The van der Waals surface area contributed by atoms with Crippen LogP contribution in [0.1, 0.15) is 23.7 Å². The monoisotopic (exact) mass is 318 g/mol. The number of imidazole rings is 1. The van der Waals surface area contributed by atoms with Crippen LogP contribution in [-0.4, -0.2) is 30.0 Å². The zero-order valence-electron chi connectivity index (χ0n) is 11.5. The predicted molar refractivity (Wildman–Crippen MR) is 78.4 cm³/mol. The Morgan fingerprint density at radius 2 is 2.10 bits per heavy atom. The smallest absolute Gasteiger partial charge is 0.149 e. The van der Waals surface area contributed by atoms with Gasteiger partial charge in [-0.15, -0.1) is 11.6 Å². The average Bonchev–Trinajstić information content (AvgIpc) is 2.64. The second-order valence-electron chi connectivity index (χ2n) is 4.96. The van der Waals surface area contributed by atoms with E-state index in [0.29, 0.717) is 22.4 Å². The van der Waals surface area contributed by atoms with Crippen molar-refractivity contribution < 1.29 is 12.8 Å². The van der Waals surface area contributed by atoms with E-state index < -0.39 is 9.84 Å². The Kier molecular flexibility index (Phi) is 4.07. The van der Waals surface area contributed by atoms with Crippen molar-refractivity contribution >= 4 is 32.5 Å². The number of benzene rings is 1. The molecule has 1 atom stereocenters. The fourth-order valence-electron chi connectivity index (χ4n) is 2.06. The Hall–Kier alpha value is -1.14. The molecule has 0 bridgehead atoms. The van der Waals surface area contributed by atoms with Crippen LogP contribution >= 0.6 is 11.6 Å². The molecule has 0 radical (unpaired) electrons. The van der Waals surface area contributed by atoms with Crippen LogP contribution in [-0.2, 0) is 16.4 Å². The van der Waals surface area contributed by atoms with Crippen molar-refractivity contribution in [3.8, 4) is 0 Å². The first kappa shape index (κ1) is 15.3. The Bertz CT molecular complexity index is 753. The second-order valence-corrected chi connectivity index (χ2v) is 7.87. The van der Waals surface area contributed by atoms with E-state index >= 15 is 0 Å². The van der Waals surface area contributed by atoms with Crippen LogP contribution < -0.4 is 0 Å². The minimum absolute atomic E-state index is 0.00844. The number of alkyl halides is 1. The highest BCUT2D eigenvalue weighted by Crippen LogP contribution is 2.26. The molecule has 0 spiro atoms. The minimum Gasteiger partial charge on any atom is -0.326 e. The van der Waals surface area contributed by atoms with Gasteiger partial charge < -0.3 is 4.57 Å². The van der Waals surface area contributed by atoms with Crippen molar-refractivity contribution in [3.63, 3.8) is 0 Å². The molecule has 1 unspecified atom stereocenters. The van der Waals surface area contributed by atoms with Crippen LogP contribution in [0.4, 0.5) is 4.39 Å². The van der Waals surface area contributed by atoms with Crippen LogP contribution in [0.25, 0.3) is 11.0 Å². The Morgan fingerprint density at radius 1 is 1.45 bits per heavy atom. The Labute approximate surface area is 122 Å². The number of nitrogens with zero attached hydrogens (tertiary/aromatic N) is 2. The van der Waals surface area contributed by atoms with Crippen molar-refractivity contribution in [3.05, 3.63) is 29.3 Å². The van der Waals surface area contributed by atoms with Gasteiger partial charge in [-0.25, -0.2) is 17.8 Å². The highest BCUT2D eigenvalue weighted by molar-refractivity contribution is 7.90. The highest BCUT2D eigenvalue weighted by atomic mass is 35.5. The van der Waals surface area contributed by atoms with Crippen molar-refractivity contribution in [1.29, 1.82) is 0 Å². The molecule has 1 heterocycles. The third kappa shape index (κ3) is 3.12. The molecule has 0 N–H and O–H groups in total. The first-order valence-corrected chi connectivity index (χ1v) is 8.67.